The summed E-state index contributed by atoms with van der Waals surface area (Å²) in [4.78, 5) is 10.5. The monoisotopic (exact) mass is 227 g/mol. The Bertz CT molecular complexity index is 565. The van der Waals surface area contributed by atoms with Crippen LogP contribution in [0.1, 0.15) is 12.0 Å². The van der Waals surface area contributed by atoms with E-state index in [-0.39, 0.29) is 6.23 Å². The molecular weight excluding hydrogens is 214 g/mol. The molecule has 0 spiro atoms. The molecule has 1 aliphatic heterocycles. The largest absolute Gasteiger partial charge is 0.470 e. The first-order chi connectivity index (χ1) is 8.38. The van der Waals surface area contributed by atoms with Gasteiger partial charge in [-0.2, -0.15) is 0 Å². The van der Waals surface area contributed by atoms with E-state index in [0.29, 0.717) is 6.41 Å². The summed E-state index contributed by atoms with van der Waals surface area (Å²) in [6.07, 6.45) is 2.25. The van der Waals surface area contributed by atoms with Gasteiger partial charge in [-0.25, -0.2) is 0 Å². The molecule has 0 aromatic heterocycles. The van der Waals surface area contributed by atoms with Gasteiger partial charge in [-0.3, -0.25) is 4.79 Å². The Labute approximate surface area is 99.4 Å². The minimum atomic E-state index is -0.203. The number of ether oxygens (including phenoxy) is 1. The molecule has 0 fully saturated rings. The van der Waals surface area contributed by atoms with Gasteiger partial charge in [0.25, 0.3) is 0 Å². The van der Waals surface area contributed by atoms with Crippen molar-refractivity contribution in [2.24, 2.45) is 0 Å². The van der Waals surface area contributed by atoms with Crippen molar-refractivity contribution >= 4 is 17.2 Å². The molecule has 2 aromatic carbocycles. The number of fused-ring (bicyclic) bond motifs is 3. The summed E-state index contributed by atoms with van der Waals surface area (Å²) in [5.74, 6) is 0.911. The Balaban J connectivity index is 2.09. The lowest BCUT2D eigenvalue weighted by Crippen LogP contribution is -2.36. The van der Waals surface area contributed by atoms with Gasteiger partial charge < -0.3 is 10.1 Å². The summed E-state index contributed by atoms with van der Waals surface area (Å²) in [7, 11) is 0. The van der Waals surface area contributed by atoms with Crippen molar-refractivity contribution in [3.05, 3.63) is 42.0 Å². The van der Waals surface area contributed by atoms with Gasteiger partial charge in [0.2, 0.25) is 6.41 Å². The average molecular weight is 227 g/mol. The van der Waals surface area contributed by atoms with Crippen LogP contribution in [-0.4, -0.2) is 12.6 Å². The fraction of sp³-hybridized carbons (Fsp3) is 0.214. The smallest absolute Gasteiger partial charge is 0.209 e. The highest BCUT2D eigenvalue weighted by Crippen LogP contribution is 2.34. The van der Waals surface area contributed by atoms with E-state index in [2.05, 4.69) is 29.6 Å². The zero-order valence-corrected chi connectivity index (χ0v) is 9.35. The van der Waals surface area contributed by atoms with E-state index in [4.69, 9.17) is 4.74 Å². The lowest BCUT2D eigenvalue weighted by molar-refractivity contribution is -0.111. The van der Waals surface area contributed by atoms with Crippen molar-refractivity contribution < 1.29 is 9.53 Å². The van der Waals surface area contributed by atoms with Gasteiger partial charge >= 0.3 is 0 Å². The van der Waals surface area contributed by atoms with E-state index in [1.165, 1.54) is 5.56 Å². The van der Waals surface area contributed by atoms with Crippen molar-refractivity contribution in [1.29, 1.82) is 0 Å². The molecule has 3 rings (SSSR count). The molecule has 86 valence electrons. The fourth-order valence-electron chi connectivity index (χ4n) is 2.31. The highest BCUT2D eigenvalue weighted by atomic mass is 16.5. The van der Waals surface area contributed by atoms with Crippen LogP contribution in [0.25, 0.3) is 10.8 Å². The SMILES string of the molecule is O=CNC1CCc2ccc3ccccc3c2O1. The topological polar surface area (TPSA) is 38.3 Å². The molecule has 0 saturated carbocycles. The van der Waals surface area contributed by atoms with Gasteiger partial charge in [0.15, 0.2) is 6.23 Å². The lowest BCUT2D eigenvalue weighted by atomic mass is 9.99. The van der Waals surface area contributed by atoms with Crippen LogP contribution in [0.5, 0.6) is 5.75 Å². The number of amides is 1. The highest BCUT2D eigenvalue weighted by molar-refractivity contribution is 5.89. The molecule has 0 aliphatic carbocycles. The number of carbonyl (C=O) groups excluding carboxylic acids is 1. The molecule has 0 saturated heterocycles. The molecular formula is C14H13NO2. The van der Waals surface area contributed by atoms with Gasteiger partial charge in [0, 0.05) is 11.8 Å². The Morgan fingerprint density at radius 3 is 3.00 bits per heavy atom. The maximum atomic E-state index is 10.5. The van der Waals surface area contributed by atoms with Crippen LogP contribution in [-0.2, 0) is 11.2 Å². The Morgan fingerprint density at radius 2 is 2.12 bits per heavy atom. The Kier molecular flexibility index (Phi) is 2.44. The van der Waals surface area contributed by atoms with Crippen LogP contribution in [0.4, 0.5) is 0 Å². The number of rotatable bonds is 2. The van der Waals surface area contributed by atoms with Crippen molar-refractivity contribution in [3.8, 4) is 5.75 Å². The predicted octanol–water partition coefficient (Wildman–Crippen LogP) is 2.24. The first-order valence-corrected chi connectivity index (χ1v) is 5.75. The molecule has 0 bridgehead atoms. The summed E-state index contributed by atoms with van der Waals surface area (Å²) >= 11 is 0. The molecule has 0 radical (unpaired) electrons. The molecule has 2 aromatic rings. The van der Waals surface area contributed by atoms with Crippen molar-refractivity contribution in [1.82, 2.24) is 5.32 Å². The Morgan fingerprint density at radius 1 is 1.24 bits per heavy atom. The first kappa shape index (κ1) is 10.1. The van der Waals surface area contributed by atoms with Gasteiger partial charge in [-0.1, -0.05) is 36.4 Å². The maximum Gasteiger partial charge on any atom is 0.209 e. The van der Waals surface area contributed by atoms with Crippen LogP contribution >= 0.6 is 0 Å². The minimum Gasteiger partial charge on any atom is -0.470 e. The maximum absolute atomic E-state index is 10.5. The molecule has 1 aliphatic rings. The van der Waals surface area contributed by atoms with Gasteiger partial charge in [-0.15, -0.1) is 0 Å². The average Bonchev–Trinajstić information content (AvgIpc) is 2.39. The predicted molar refractivity (Wildman–Crippen MR) is 65.9 cm³/mol. The summed E-state index contributed by atoms with van der Waals surface area (Å²) in [5, 5.41) is 4.97. The minimum absolute atomic E-state index is 0.203. The lowest BCUT2D eigenvalue weighted by Gasteiger charge is -2.26. The van der Waals surface area contributed by atoms with E-state index < -0.39 is 0 Å². The normalized spacial score (nSPS) is 18.2. The number of carbonyl (C=O) groups is 1. The highest BCUT2D eigenvalue weighted by Gasteiger charge is 2.20. The number of hydrogen-bond donors (Lipinski definition) is 1. The van der Waals surface area contributed by atoms with Gasteiger partial charge in [0.1, 0.15) is 5.75 Å². The third-order valence-corrected chi connectivity index (χ3v) is 3.15. The van der Waals surface area contributed by atoms with Crippen molar-refractivity contribution in [2.75, 3.05) is 0 Å². The summed E-state index contributed by atoms with van der Waals surface area (Å²) in [6, 6.07) is 12.4. The second-order valence-electron chi connectivity index (χ2n) is 4.20. The summed E-state index contributed by atoms with van der Waals surface area (Å²) in [5.41, 5.74) is 1.22. The van der Waals surface area contributed by atoms with Gasteiger partial charge in [-0.05, 0) is 17.4 Å². The van der Waals surface area contributed by atoms with E-state index in [1.54, 1.807) is 0 Å². The van der Waals surface area contributed by atoms with Crippen LogP contribution in [0.3, 0.4) is 0 Å². The zero-order valence-electron chi connectivity index (χ0n) is 9.35. The van der Waals surface area contributed by atoms with Crippen LogP contribution in [0, 0.1) is 0 Å². The molecule has 1 amide bonds. The second kappa shape index (κ2) is 4.09. The zero-order chi connectivity index (χ0) is 11.7. The van der Waals surface area contributed by atoms with Gasteiger partial charge in [0.05, 0.1) is 0 Å². The van der Waals surface area contributed by atoms with E-state index >= 15 is 0 Å². The van der Waals surface area contributed by atoms with Crippen molar-refractivity contribution in [3.63, 3.8) is 0 Å². The third kappa shape index (κ3) is 1.73. The molecule has 1 unspecified atom stereocenters. The molecule has 1 heterocycles. The van der Waals surface area contributed by atoms with E-state index in [1.807, 2.05) is 12.1 Å². The number of nitrogens with one attached hydrogen (secondary N) is 1. The van der Waals surface area contributed by atoms with Crippen LogP contribution in [0.2, 0.25) is 0 Å². The number of aryl methyl sites for hydroxylation is 1. The standard InChI is InChI=1S/C14H13NO2/c16-9-15-13-8-7-11-6-5-10-3-1-2-4-12(10)14(11)17-13/h1-6,9,13H,7-8H2,(H,15,16). The fourth-order valence-corrected chi connectivity index (χ4v) is 2.31. The molecule has 17 heavy (non-hydrogen) atoms. The molecule has 1 N–H and O–H groups in total. The number of benzene rings is 2. The van der Waals surface area contributed by atoms with E-state index in [9.17, 15) is 4.79 Å². The first-order valence-electron chi connectivity index (χ1n) is 5.75. The Hall–Kier alpha value is -2.03. The summed E-state index contributed by atoms with van der Waals surface area (Å²) < 4.78 is 5.84. The molecule has 1 atom stereocenters. The quantitative estimate of drug-likeness (QED) is 0.799. The second-order valence-corrected chi connectivity index (χ2v) is 4.20. The molecule has 3 nitrogen and oxygen atoms in total. The number of hydrogen-bond acceptors (Lipinski definition) is 2. The summed E-state index contributed by atoms with van der Waals surface area (Å²) in [6.45, 7) is 0. The van der Waals surface area contributed by atoms with E-state index in [0.717, 1.165) is 29.4 Å². The van der Waals surface area contributed by atoms with Crippen LogP contribution < -0.4 is 10.1 Å². The van der Waals surface area contributed by atoms with Crippen LogP contribution in [0.15, 0.2) is 36.4 Å². The van der Waals surface area contributed by atoms with Crippen molar-refractivity contribution in [2.45, 2.75) is 19.1 Å². The molecule has 3 heteroatoms. The third-order valence-electron chi connectivity index (χ3n) is 3.15.